The smallest absolute Gasteiger partial charge is 0.270 e. The molecule has 0 heterocycles. The fraction of sp³-hybridized carbons (Fsp3) is 0.167. The lowest BCUT2D eigenvalue weighted by molar-refractivity contribution is -0.418. The lowest BCUT2D eigenvalue weighted by Crippen LogP contribution is -2.03. The van der Waals surface area contributed by atoms with E-state index in [4.69, 9.17) is 5.41 Å². The van der Waals surface area contributed by atoms with Crippen molar-refractivity contribution in [2.45, 2.75) is 6.42 Å². The SMILES string of the molecule is N=C1C=C([N+](=O)[O-])C=CC1. The summed E-state index contributed by atoms with van der Waals surface area (Å²) in [5.74, 6) is 0. The van der Waals surface area contributed by atoms with E-state index in [0.29, 0.717) is 6.42 Å². The first-order chi connectivity index (χ1) is 4.70. The highest BCUT2D eigenvalue weighted by molar-refractivity contribution is 5.95. The summed E-state index contributed by atoms with van der Waals surface area (Å²) in [6.07, 6.45) is 4.79. The van der Waals surface area contributed by atoms with E-state index in [-0.39, 0.29) is 11.4 Å². The Morgan fingerprint density at radius 1 is 1.70 bits per heavy atom. The maximum absolute atomic E-state index is 10.1. The molecule has 0 spiro atoms. The van der Waals surface area contributed by atoms with E-state index in [1.807, 2.05) is 0 Å². The van der Waals surface area contributed by atoms with E-state index in [2.05, 4.69) is 0 Å². The van der Waals surface area contributed by atoms with Crippen molar-refractivity contribution in [2.24, 2.45) is 0 Å². The Kier molecular flexibility index (Phi) is 1.62. The first kappa shape index (κ1) is 6.67. The minimum Gasteiger partial charge on any atom is -0.305 e. The van der Waals surface area contributed by atoms with Gasteiger partial charge in [-0.15, -0.1) is 0 Å². The number of rotatable bonds is 1. The van der Waals surface area contributed by atoms with Crippen LogP contribution in [0.25, 0.3) is 0 Å². The number of nitro groups is 1. The first-order valence-corrected chi connectivity index (χ1v) is 2.80. The van der Waals surface area contributed by atoms with Crippen LogP contribution in [0.3, 0.4) is 0 Å². The number of allylic oxidation sites excluding steroid dienone is 3. The molecule has 0 bridgehead atoms. The molecule has 1 aliphatic rings. The van der Waals surface area contributed by atoms with Crippen LogP contribution in [-0.2, 0) is 0 Å². The molecule has 4 nitrogen and oxygen atoms in total. The van der Waals surface area contributed by atoms with Gasteiger partial charge in [0.25, 0.3) is 5.70 Å². The molecule has 0 saturated heterocycles. The largest absolute Gasteiger partial charge is 0.305 e. The molecule has 1 rings (SSSR count). The maximum atomic E-state index is 10.1. The van der Waals surface area contributed by atoms with Gasteiger partial charge in [-0.05, 0) is 0 Å². The molecular formula is C6H6N2O2. The predicted octanol–water partition coefficient (Wildman–Crippen LogP) is 1.13. The van der Waals surface area contributed by atoms with Gasteiger partial charge in [0.1, 0.15) is 0 Å². The van der Waals surface area contributed by atoms with Crippen molar-refractivity contribution in [3.05, 3.63) is 34.0 Å². The average Bonchev–Trinajstić information content (AvgIpc) is 1.88. The molecule has 52 valence electrons. The van der Waals surface area contributed by atoms with Crippen LogP contribution in [0.2, 0.25) is 0 Å². The summed E-state index contributed by atoms with van der Waals surface area (Å²) < 4.78 is 0. The molecule has 1 aliphatic carbocycles. The van der Waals surface area contributed by atoms with Crippen molar-refractivity contribution in [1.82, 2.24) is 0 Å². The van der Waals surface area contributed by atoms with E-state index >= 15 is 0 Å². The molecule has 0 atom stereocenters. The average molecular weight is 138 g/mol. The Morgan fingerprint density at radius 2 is 2.40 bits per heavy atom. The van der Waals surface area contributed by atoms with Crippen LogP contribution < -0.4 is 0 Å². The van der Waals surface area contributed by atoms with E-state index < -0.39 is 4.92 Å². The summed E-state index contributed by atoms with van der Waals surface area (Å²) in [4.78, 5) is 9.59. The quantitative estimate of drug-likeness (QED) is 0.436. The van der Waals surface area contributed by atoms with E-state index in [1.165, 1.54) is 12.2 Å². The van der Waals surface area contributed by atoms with Crippen LogP contribution in [0.4, 0.5) is 0 Å². The van der Waals surface area contributed by atoms with Gasteiger partial charge in [-0.25, -0.2) is 0 Å². The molecule has 4 heteroatoms. The molecule has 0 aromatic heterocycles. The van der Waals surface area contributed by atoms with Crippen molar-refractivity contribution >= 4 is 5.71 Å². The second-order valence-corrected chi connectivity index (χ2v) is 1.96. The van der Waals surface area contributed by atoms with Gasteiger partial charge in [0.05, 0.1) is 4.92 Å². The minimum atomic E-state index is -0.496. The molecule has 0 saturated carbocycles. The summed E-state index contributed by atoms with van der Waals surface area (Å²) in [5, 5.41) is 17.2. The zero-order valence-electron chi connectivity index (χ0n) is 5.20. The normalized spacial score (nSPS) is 16.8. The van der Waals surface area contributed by atoms with Gasteiger partial charge in [-0.3, -0.25) is 10.1 Å². The number of nitrogens with one attached hydrogen (secondary N) is 1. The molecular weight excluding hydrogens is 132 g/mol. The van der Waals surface area contributed by atoms with Gasteiger partial charge in [0.15, 0.2) is 0 Å². The summed E-state index contributed by atoms with van der Waals surface area (Å²) in [5.41, 5.74) is 0.283. The molecule has 0 unspecified atom stereocenters. The van der Waals surface area contributed by atoms with Crippen LogP contribution in [0.1, 0.15) is 6.42 Å². The maximum Gasteiger partial charge on any atom is 0.270 e. The summed E-state index contributed by atoms with van der Waals surface area (Å²) in [6.45, 7) is 0. The van der Waals surface area contributed by atoms with Gasteiger partial charge in [0, 0.05) is 24.3 Å². The molecule has 0 aromatic rings. The van der Waals surface area contributed by atoms with Crippen molar-refractivity contribution < 1.29 is 4.92 Å². The highest BCUT2D eigenvalue weighted by Crippen LogP contribution is 2.06. The van der Waals surface area contributed by atoms with Gasteiger partial charge >= 0.3 is 0 Å². The summed E-state index contributed by atoms with van der Waals surface area (Å²) in [7, 11) is 0. The number of hydrogen-bond acceptors (Lipinski definition) is 3. The molecule has 0 fully saturated rings. The zero-order chi connectivity index (χ0) is 7.56. The predicted molar refractivity (Wildman–Crippen MR) is 36.6 cm³/mol. The van der Waals surface area contributed by atoms with Gasteiger partial charge in [-0.1, -0.05) is 6.08 Å². The third-order valence-corrected chi connectivity index (χ3v) is 1.16. The van der Waals surface area contributed by atoms with Gasteiger partial charge in [0.2, 0.25) is 0 Å². The van der Waals surface area contributed by atoms with Crippen LogP contribution in [0.5, 0.6) is 0 Å². The monoisotopic (exact) mass is 138 g/mol. The Hall–Kier alpha value is -1.45. The molecule has 0 amide bonds. The van der Waals surface area contributed by atoms with Gasteiger partial charge < -0.3 is 5.41 Å². The third-order valence-electron chi connectivity index (χ3n) is 1.16. The fourth-order valence-corrected chi connectivity index (χ4v) is 0.706. The number of nitrogens with zero attached hydrogens (tertiary/aromatic N) is 1. The van der Waals surface area contributed by atoms with Crippen LogP contribution in [0, 0.1) is 15.5 Å². The second-order valence-electron chi connectivity index (χ2n) is 1.96. The van der Waals surface area contributed by atoms with Crippen molar-refractivity contribution in [3.63, 3.8) is 0 Å². The Bertz CT molecular complexity index is 238. The Morgan fingerprint density at radius 3 is 2.80 bits per heavy atom. The minimum absolute atomic E-state index is 0.00347. The van der Waals surface area contributed by atoms with E-state index in [9.17, 15) is 10.1 Å². The van der Waals surface area contributed by atoms with E-state index in [1.54, 1.807) is 6.08 Å². The van der Waals surface area contributed by atoms with E-state index in [0.717, 1.165) is 0 Å². The van der Waals surface area contributed by atoms with Gasteiger partial charge in [-0.2, -0.15) is 0 Å². The van der Waals surface area contributed by atoms with Crippen molar-refractivity contribution in [1.29, 1.82) is 5.41 Å². The second kappa shape index (κ2) is 2.43. The van der Waals surface area contributed by atoms with Crippen molar-refractivity contribution in [3.8, 4) is 0 Å². The summed E-state index contributed by atoms with van der Waals surface area (Å²) >= 11 is 0. The molecule has 0 radical (unpaired) electrons. The zero-order valence-corrected chi connectivity index (χ0v) is 5.20. The Labute approximate surface area is 57.5 Å². The summed E-state index contributed by atoms with van der Waals surface area (Å²) in [6, 6.07) is 0. The van der Waals surface area contributed by atoms with Crippen molar-refractivity contribution in [2.75, 3.05) is 0 Å². The van der Waals surface area contributed by atoms with Crippen LogP contribution in [-0.4, -0.2) is 10.6 Å². The molecule has 1 N–H and O–H groups in total. The highest BCUT2D eigenvalue weighted by atomic mass is 16.6. The molecule has 0 aliphatic heterocycles. The topological polar surface area (TPSA) is 67.0 Å². The fourth-order valence-electron chi connectivity index (χ4n) is 0.706. The third kappa shape index (κ3) is 1.28. The molecule has 0 aromatic carbocycles. The highest BCUT2D eigenvalue weighted by Gasteiger charge is 2.10. The lowest BCUT2D eigenvalue weighted by Gasteiger charge is -1.97. The first-order valence-electron chi connectivity index (χ1n) is 2.80. The standard InChI is InChI=1S/C6H6N2O2/c7-5-2-1-3-6(4-5)8(9)10/h1,3-4,7H,2H2. The number of hydrogen-bond donors (Lipinski definition) is 1. The Balaban J connectivity index is 2.86. The molecule has 10 heavy (non-hydrogen) atoms. The van der Waals surface area contributed by atoms with Crippen LogP contribution >= 0.6 is 0 Å². The lowest BCUT2D eigenvalue weighted by atomic mass is 10.1. The van der Waals surface area contributed by atoms with Crippen LogP contribution in [0.15, 0.2) is 23.9 Å².